The summed E-state index contributed by atoms with van der Waals surface area (Å²) in [5.41, 5.74) is 5.59. The molecule has 0 aliphatic heterocycles. The van der Waals surface area contributed by atoms with Crippen molar-refractivity contribution in [1.82, 2.24) is 0 Å². The van der Waals surface area contributed by atoms with Crippen molar-refractivity contribution in [3.8, 4) is 0 Å². The molecule has 0 saturated heterocycles. The van der Waals surface area contributed by atoms with Gasteiger partial charge in [0.15, 0.2) is 0 Å². The molecule has 1 aliphatic rings. The van der Waals surface area contributed by atoms with Crippen molar-refractivity contribution < 1.29 is 8.85 Å². The Bertz CT molecular complexity index is 180. The lowest BCUT2D eigenvalue weighted by atomic mass is 9.91. The van der Waals surface area contributed by atoms with Crippen LogP contribution in [0.15, 0.2) is 0 Å². The van der Waals surface area contributed by atoms with E-state index in [-0.39, 0.29) is 0 Å². The lowest BCUT2D eigenvalue weighted by Gasteiger charge is -2.32. The van der Waals surface area contributed by atoms with E-state index in [4.69, 9.17) is 14.6 Å². The summed E-state index contributed by atoms with van der Waals surface area (Å²) in [6.45, 7) is 0.742. The van der Waals surface area contributed by atoms with Crippen LogP contribution in [-0.4, -0.2) is 29.3 Å². The smallest absolute Gasteiger partial charge is 0.337 e. The van der Waals surface area contributed by atoms with Crippen LogP contribution in [0.5, 0.6) is 0 Å². The third-order valence-electron chi connectivity index (χ3n) is 3.83. The first kappa shape index (κ1) is 14.2. The topological polar surface area (TPSA) is 44.5 Å². The fraction of sp³-hybridized carbons (Fsp3) is 1.00. The maximum atomic E-state index is 5.75. The molecule has 0 spiro atoms. The summed E-state index contributed by atoms with van der Waals surface area (Å²) in [5.74, 6) is 0.832. The molecule has 2 N–H and O–H groups in total. The van der Waals surface area contributed by atoms with E-state index in [2.05, 4.69) is 0 Å². The monoisotopic (exact) mass is 245 g/mol. The van der Waals surface area contributed by atoms with Crippen LogP contribution in [-0.2, 0) is 8.85 Å². The van der Waals surface area contributed by atoms with Crippen molar-refractivity contribution in [3.05, 3.63) is 0 Å². The van der Waals surface area contributed by atoms with Gasteiger partial charge >= 0.3 is 8.56 Å². The summed E-state index contributed by atoms with van der Waals surface area (Å²) in [7, 11) is 1.70. The van der Waals surface area contributed by atoms with Gasteiger partial charge in [0.05, 0.1) is 0 Å². The van der Waals surface area contributed by atoms with Gasteiger partial charge in [0, 0.05) is 14.2 Å². The molecule has 0 atom stereocenters. The first-order chi connectivity index (χ1) is 7.76. The molecule has 1 rings (SSSR count). The molecular weight excluding hydrogens is 218 g/mol. The molecule has 0 amide bonds. The Hall–Kier alpha value is 0.0969. The zero-order chi connectivity index (χ0) is 11.9. The lowest BCUT2D eigenvalue weighted by molar-refractivity contribution is 0.225. The average molecular weight is 245 g/mol. The highest BCUT2D eigenvalue weighted by atomic mass is 28.4. The fourth-order valence-corrected chi connectivity index (χ4v) is 5.90. The van der Waals surface area contributed by atoms with E-state index in [9.17, 15) is 0 Å². The van der Waals surface area contributed by atoms with Crippen LogP contribution in [0.3, 0.4) is 0 Å². The van der Waals surface area contributed by atoms with Gasteiger partial charge in [-0.05, 0) is 31.0 Å². The van der Waals surface area contributed by atoms with Gasteiger partial charge < -0.3 is 14.6 Å². The molecule has 1 fully saturated rings. The van der Waals surface area contributed by atoms with Crippen LogP contribution in [0.4, 0.5) is 0 Å². The fourth-order valence-electron chi connectivity index (χ4n) is 2.76. The molecule has 0 aromatic heterocycles. The van der Waals surface area contributed by atoms with Crippen LogP contribution in [0.2, 0.25) is 12.1 Å². The quantitative estimate of drug-likeness (QED) is 0.701. The second-order valence-corrected chi connectivity index (χ2v) is 8.47. The second-order valence-electron chi connectivity index (χ2n) is 4.92. The van der Waals surface area contributed by atoms with Gasteiger partial charge in [-0.1, -0.05) is 32.1 Å². The molecule has 16 heavy (non-hydrogen) atoms. The Labute approximate surface area is 101 Å². The molecule has 0 heterocycles. The number of hydrogen-bond donors (Lipinski definition) is 1. The van der Waals surface area contributed by atoms with Crippen LogP contribution >= 0.6 is 0 Å². The van der Waals surface area contributed by atoms with E-state index in [1.165, 1.54) is 38.1 Å². The van der Waals surface area contributed by atoms with Crippen molar-refractivity contribution in [2.24, 2.45) is 11.7 Å². The van der Waals surface area contributed by atoms with Gasteiger partial charge in [-0.3, -0.25) is 0 Å². The Morgan fingerprint density at radius 3 is 2.25 bits per heavy atom. The number of nitrogens with two attached hydrogens (primary N) is 1. The Kier molecular flexibility index (Phi) is 6.57. The normalized spacial score (nSPS) is 18.9. The summed E-state index contributed by atoms with van der Waals surface area (Å²) in [6.07, 6.45) is 7.95. The van der Waals surface area contributed by atoms with Crippen molar-refractivity contribution in [2.45, 2.75) is 50.6 Å². The van der Waals surface area contributed by atoms with Gasteiger partial charge in [-0.15, -0.1) is 0 Å². The third kappa shape index (κ3) is 4.16. The maximum Gasteiger partial charge on any atom is 0.337 e. The molecule has 3 nitrogen and oxygen atoms in total. The van der Waals surface area contributed by atoms with Crippen LogP contribution in [0.1, 0.15) is 38.5 Å². The predicted octanol–water partition coefficient (Wildman–Crippen LogP) is 2.65. The molecular formula is C12H27NO2Si. The second kappa shape index (κ2) is 7.43. The highest BCUT2D eigenvalue weighted by molar-refractivity contribution is 6.67. The van der Waals surface area contributed by atoms with Crippen LogP contribution in [0.25, 0.3) is 0 Å². The predicted molar refractivity (Wildman–Crippen MR) is 69.6 cm³/mol. The zero-order valence-corrected chi connectivity index (χ0v) is 11.8. The van der Waals surface area contributed by atoms with Crippen LogP contribution in [0, 0.1) is 5.92 Å². The summed E-state index contributed by atoms with van der Waals surface area (Å²) >= 11 is 0. The minimum Gasteiger partial charge on any atom is -0.398 e. The molecule has 96 valence electrons. The van der Waals surface area contributed by atoms with Gasteiger partial charge in [0.2, 0.25) is 0 Å². The van der Waals surface area contributed by atoms with Crippen molar-refractivity contribution >= 4 is 8.56 Å². The van der Waals surface area contributed by atoms with Crippen molar-refractivity contribution in [1.29, 1.82) is 0 Å². The van der Waals surface area contributed by atoms with Gasteiger partial charge in [-0.2, -0.15) is 0 Å². The third-order valence-corrected chi connectivity index (χ3v) is 7.63. The molecule has 0 unspecified atom stereocenters. The van der Waals surface area contributed by atoms with Gasteiger partial charge in [0.25, 0.3) is 0 Å². The van der Waals surface area contributed by atoms with Crippen molar-refractivity contribution in [3.63, 3.8) is 0 Å². The van der Waals surface area contributed by atoms with Crippen LogP contribution < -0.4 is 5.73 Å². The standard InChI is InChI=1S/C12H27NO2Si/c1-14-16(15-2,10-6-9-13)11-12-7-4-3-5-8-12/h12H,3-11,13H2,1-2H3. The van der Waals surface area contributed by atoms with E-state index in [1.54, 1.807) is 0 Å². The van der Waals surface area contributed by atoms with Gasteiger partial charge in [0.1, 0.15) is 0 Å². The summed E-state index contributed by atoms with van der Waals surface area (Å²) in [5, 5.41) is 0. The summed E-state index contributed by atoms with van der Waals surface area (Å²) in [4.78, 5) is 0. The molecule has 0 radical (unpaired) electrons. The molecule has 0 aromatic carbocycles. The number of hydrogen-bond acceptors (Lipinski definition) is 3. The first-order valence-electron chi connectivity index (χ1n) is 6.56. The number of rotatable bonds is 7. The summed E-state index contributed by atoms with van der Waals surface area (Å²) < 4.78 is 11.5. The first-order valence-corrected chi connectivity index (χ1v) is 8.80. The highest BCUT2D eigenvalue weighted by Gasteiger charge is 2.37. The lowest BCUT2D eigenvalue weighted by Crippen LogP contribution is -2.42. The SMILES string of the molecule is CO[Si](CCCN)(CC1CCCCC1)OC. The molecule has 0 aromatic rings. The van der Waals surface area contributed by atoms with E-state index >= 15 is 0 Å². The largest absolute Gasteiger partial charge is 0.398 e. The Morgan fingerprint density at radius 2 is 1.75 bits per heavy atom. The molecule has 0 bridgehead atoms. The average Bonchev–Trinajstić information content (AvgIpc) is 2.36. The minimum atomic E-state index is -1.93. The highest BCUT2D eigenvalue weighted by Crippen LogP contribution is 2.33. The Morgan fingerprint density at radius 1 is 1.12 bits per heavy atom. The molecule has 4 heteroatoms. The van der Waals surface area contributed by atoms with E-state index in [1.807, 2.05) is 14.2 Å². The zero-order valence-electron chi connectivity index (χ0n) is 10.8. The molecule has 1 saturated carbocycles. The van der Waals surface area contributed by atoms with E-state index in [0.29, 0.717) is 0 Å². The van der Waals surface area contributed by atoms with Crippen molar-refractivity contribution in [2.75, 3.05) is 20.8 Å². The van der Waals surface area contributed by atoms with E-state index < -0.39 is 8.56 Å². The maximum absolute atomic E-state index is 5.75. The molecule has 1 aliphatic carbocycles. The van der Waals surface area contributed by atoms with Gasteiger partial charge in [-0.25, -0.2) is 0 Å². The minimum absolute atomic E-state index is 0.742. The summed E-state index contributed by atoms with van der Waals surface area (Å²) in [6, 6.07) is 2.22. The Balaban J connectivity index is 2.46. The van der Waals surface area contributed by atoms with E-state index in [0.717, 1.165) is 24.9 Å².